The van der Waals surface area contributed by atoms with E-state index in [4.69, 9.17) is 14.3 Å². The molecule has 0 bridgehead atoms. The molecule has 1 aliphatic heterocycles. The first kappa shape index (κ1) is 25.9. The van der Waals surface area contributed by atoms with Crippen molar-refractivity contribution in [3.05, 3.63) is 88.8 Å². The molecule has 2 N–H and O–H groups in total. The topological polar surface area (TPSA) is 131 Å². The Kier molecular flexibility index (Phi) is 7.24. The van der Waals surface area contributed by atoms with E-state index in [1.807, 2.05) is 35.8 Å². The number of amides is 3. The van der Waals surface area contributed by atoms with E-state index in [2.05, 4.69) is 5.32 Å². The number of carbonyl (C=O) groups excluding carboxylic acids is 3. The molecule has 2 aromatic heterocycles. The summed E-state index contributed by atoms with van der Waals surface area (Å²) >= 11 is 0.770. The highest BCUT2D eigenvalue weighted by atomic mass is 32.2. The third-order valence-corrected chi connectivity index (χ3v) is 6.84. The number of rotatable bonds is 9. The van der Waals surface area contributed by atoms with Gasteiger partial charge in [0.25, 0.3) is 11.1 Å². The van der Waals surface area contributed by atoms with Crippen molar-refractivity contribution in [3.8, 4) is 5.75 Å². The number of para-hydroxylation sites is 1. The largest absolute Gasteiger partial charge is 0.494 e. The van der Waals surface area contributed by atoms with Gasteiger partial charge in [0.15, 0.2) is 0 Å². The Morgan fingerprint density at radius 2 is 1.85 bits per heavy atom. The zero-order valence-corrected chi connectivity index (χ0v) is 21.6. The van der Waals surface area contributed by atoms with Gasteiger partial charge in [0.05, 0.1) is 18.1 Å². The van der Waals surface area contributed by atoms with Gasteiger partial charge in [0.2, 0.25) is 11.7 Å². The molecule has 4 aromatic rings. The van der Waals surface area contributed by atoms with Crippen LogP contribution in [0.3, 0.4) is 0 Å². The first-order valence-electron chi connectivity index (χ1n) is 12.0. The van der Waals surface area contributed by atoms with E-state index in [0.717, 1.165) is 27.6 Å². The summed E-state index contributed by atoms with van der Waals surface area (Å²) in [6.07, 6.45) is 3.43. The molecule has 5 rings (SSSR count). The van der Waals surface area contributed by atoms with Crippen LogP contribution < -0.4 is 10.1 Å². The van der Waals surface area contributed by atoms with Crippen molar-refractivity contribution < 1.29 is 33.4 Å². The van der Waals surface area contributed by atoms with Gasteiger partial charge >= 0.3 is 5.97 Å². The Balaban J connectivity index is 1.32. The lowest BCUT2D eigenvalue weighted by molar-refractivity contribution is -0.127. The summed E-state index contributed by atoms with van der Waals surface area (Å²) in [6.45, 7) is 2.25. The van der Waals surface area contributed by atoms with Gasteiger partial charge in [0.1, 0.15) is 18.1 Å². The Labute approximate surface area is 226 Å². The number of aromatic nitrogens is 1. The zero-order chi connectivity index (χ0) is 27.5. The van der Waals surface area contributed by atoms with Gasteiger partial charge in [-0.1, -0.05) is 18.2 Å². The molecular formula is C28H23N3O7S. The van der Waals surface area contributed by atoms with Crippen molar-refractivity contribution in [1.82, 2.24) is 9.47 Å². The van der Waals surface area contributed by atoms with Crippen molar-refractivity contribution in [2.24, 2.45) is 0 Å². The minimum Gasteiger partial charge on any atom is -0.494 e. The summed E-state index contributed by atoms with van der Waals surface area (Å²) in [5, 5.41) is 12.1. The van der Waals surface area contributed by atoms with Crippen LogP contribution in [0.15, 0.2) is 76.2 Å². The normalized spacial score (nSPS) is 14.4. The van der Waals surface area contributed by atoms with Crippen LogP contribution in [-0.4, -0.2) is 50.7 Å². The number of carbonyl (C=O) groups is 4. The molecule has 0 atom stereocenters. The summed E-state index contributed by atoms with van der Waals surface area (Å²) in [4.78, 5) is 50.5. The molecule has 0 saturated carbocycles. The Hall–Kier alpha value is -4.77. The van der Waals surface area contributed by atoms with Crippen molar-refractivity contribution in [1.29, 1.82) is 0 Å². The summed E-state index contributed by atoms with van der Waals surface area (Å²) in [7, 11) is 0. The van der Waals surface area contributed by atoms with E-state index >= 15 is 0 Å². The maximum Gasteiger partial charge on any atom is 0.371 e. The number of aromatic carboxylic acids is 1. The van der Waals surface area contributed by atoms with Crippen LogP contribution in [0.1, 0.15) is 28.8 Å². The predicted octanol–water partition coefficient (Wildman–Crippen LogP) is 5.05. The number of benzene rings is 2. The Morgan fingerprint density at radius 3 is 2.56 bits per heavy atom. The molecule has 39 heavy (non-hydrogen) atoms. The fourth-order valence-electron chi connectivity index (χ4n) is 4.19. The predicted molar refractivity (Wildman–Crippen MR) is 146 cm³/mol. The number of imide groups is 1. The first-order chi connectivity index (χ1) is 18.8. The molecule has 1 fully saturated rings. The number of nitrogens with one attached hydrogen (secondary N) is 1. The zero-order valence-electron chi connectivity index (χ0n) is 20.7. The van der Waals surface area contributed by atoms with Gasteiger partial charge in [0, 0.05) is 28.4 Å². The van der Waals surface area contributed by atoms with E-state index in [-0.39, 0.29) is 17.2 Å². The van der Waals surface area contributed by atoms with Crippen LogP contribution in [-0.2, 0) is 16.1 Å². The average molecular weight is 546 g/mol. The average Bonchev–Trinajstić information content (AvgIpc) is 3.59. The molecule has 0 aliphatic carbocycles. The molecule has 1 saturated heterocycles. The highest BCUT2D eigenvalue weighted by Gasteiger charge is 2.36. The van der Waals surface area contributed by atoms with Crippen LogP contribution in [0.25, 0.3) is 17.0 Å². The number of fused-ring (bicyclic) bond motifs is 1. The van der Waals surface area contributed by atoms with Gasteiger partial charge in [-0.3, -0.25) is 19.3 Å². The molecule has 10 nitrogen and oxygen atoms in total. The monoisotopic (exact) mass is 545 g/mol. The van der Waals surface area contributed by atoms with Crippen molar-refractivity contribution >= 4 is 57.5 Å². The quantitative estimate of drug-likeness (QED) is 0.279. The number of furan rings is 1. The van der Waals surface area contributed by atoms with E-state index in [9.17, 15) is 19.2 Å². The molecule has 198 valence electrons. The third-order valence-electron chi connectivity index (χ3n) is 5.93. The standard InChI is InChI=1S/C28H23N3O7S/c1-2-37-19-9-7-18(8-10-19)29-25(32)16-31-26(33)24(39-28(31)36)13-17-14-30(22-6-4-3-5-21(17)22)15-20-11-12-23(38-20)27(34)35/h3-14H,2,15-16H2,1H3,(H,29,32)(H,34,35)/b24-13-. The number of hydrogen-bond donors (Lipinski definition) is 2. The molecular weight excluding hydrogens is 522 g/mol. The van der Waals surface area contributed by atoms with Crippen molar-refractivity contribution in [2.45, 2.75) is 13.5 Å². The summed E-state index contributed by atoms with van der Waals surface area (Å²) in [5.74, 6) is -1.23. The summed E-state index contributed by atoms with van der Waals surface area (Å²) < 4.78 is 12.7. The highest BCUT2D eigenvalue weighted by Crippen LogP contribution is 2.34. The second-order valence-corrected chi connectivity index (χ2v) is 9.57. The minimum absolute atomic E-state index is 0.151. The summed E-state index contributed by atoms with van der Waals surface area (Å²) in [6, 6.07) is 17.3. The smallest absolute Gasteiger partial charge is 0.371 e. The number of carboxylic acids is 1. The maximum atomic E-state index is 13.1. The molecule has 0 unspecified atom stereocenters. The second-order valence-electron chi connectivity index (χ2n) is 8.57. The van der Waals surface area contributed by atoms with E-state index in [1.54, 1.807) is 42.6 Å². The lowest BCUT2D eigenvalue weighted by Gasteiger charge is -2.12. The Morgan fingerprint density at radius 1 is 1.08 bits per heavy atom. The fourth-order valence-corrected chi connectivity index (χ4v) is 5.02. The van der Waals surface area contributed by atoms with Crippen LogP contribution in [0.4, 0.5) is 10.5 Å². The number of hydrogen-bond acceptors (Lipinski definition) is 7. The molecule has 1 aliphatic rings. The van der Waals surface area contributed by atoms with Crippen molar-refractivity contribution in [2.75, 3.05) is 18.5 Å². The van der Waals surface area contributed by atoms with E-state index < -0.39 is 29.6 Å². The van der Waals surface area contributed by atoms with Gasteiger partial charge in [-0.25, -0.2) is 4.79 Å². The first-order valence-corrected chi connectivity index (χ1v) is 12.8. The van der Waals surface area contributed by atoms with Gasteiger partial charge < -0.3 is 24.1 Å². The van der Waals surface area contributed by atoms with Gasteiger partial charge in [-0.05, 0) is 67.2 Å². The third kappa shape index (κ3) is 5.58. The minimum atomic E-state index is -1.15. The number of anilines is 1. The number of thioether (sulfide) groups is 1. The molecule has 0 spiro atoms. The highest BCUT2D eigenvalue weighted by molar-refractivity contribution is 8.18. The fraction of sp³-hybridized carbons (Fsp3) is 0.143. The van der Waals surface area contributed by atoms with Crippen LogP contribution in [0.2, 0.25) is 0 Å². The SMILES string of the molecule is CCOc1ccc(NC(=O)CN2C(=O)S/C(=C\c3cn(Cc4ccc(C(=O)O)o4)c4ccccc34)C2=O)cc1. The molecule has 0 radical (unpaired) electrons. The maximum absolute atomic E-state index is 13.1. The Bertz CT molecular complexity index is 1620. The lowest BCUT2D eigenvalue weighted by Crippen LogP contribution is -2.36. The molecule has 3 heterocycles. The summed E-state index contributed by atoms with van der Waals surface area (Å²) in [5.41, 5.74) is 2.05. The van der Waals surface area contributed by atoms with Crippen molar-refractivity contribution in [3.63, 3.8) is 0 Å². The second kappa shape index (κ2) is 10.9. The molecule has 3 amide bonds. The van der Waals surface area contributed by atoms with Crippen LogP contribution in [0.5, 0.6) is 5.75 Å². The van der Waals surface area contributed by atoms with Gasteiger partial charge in [-0.15, -0.1) is 0 Å². The van der Waals surface area contributed by atoms with Gasteiger partial charge in [-0.2, -0.15) is 0 Å². The van der Waals surface area contributed by atoms with Crippen LogP contribution in [0, 0.1) is 0 Å². The lowest BCUT2D eigenvalue weighted by atomic mass is 10.1. The van der Waals surface area contributed by atoms with Crippen LogP contribution >= 0.6 is 11.8 Å². The molecule has 11 heteroatoms. The number of ether oxygens (including phenoxy) is 1. The number of nitrogens with zero attached hydrogens (tertiary/aromatic N) is 2. The molecule has 2 aromatic carbocycles. The van der Waals surface area contributed by atoms with E-state index in [1.165, 1.54) is 6.07 Å². The number of carboxylic acid groups (broad SMARTS) is 1. The van der Waals surface area contributed by atoms with E-state index in [0.29, 0.717) is 29.4 Å².